The van der Waals surface area contributed by atoms with E-state index in [1.54, 1.807) is 86.1 Å². The van der Waals surface area contributed by atoms with Crippen LogP contribution in [0.1, 0.15) is 119 Å². The summed E-state index contributed by atoms with van der Waals surface area (Å²) in [5, 5.41) is 47.9. The lowest BCUT2D eigenvalue weighted by Crippen LogP contribution is -2.62. The number of aliphatic hydroxyl groups is 4. The minimum Gasteiger partial charge on any atom is -0.448 e. The first kappa shape index (κ1) is 73.9. The number of ether oxygens (including phenoxy) is 9. The highest BCUT2D eigenvalue weighted by Crippen LogP contribution is 2.59. The van der Waals surface area contributed by atoms with Gasteiger partial charge in [0, 0.05) is 89.6 Å². The van der Waals surface area contributed by atoms with Crippen molar-refractivity contribution in [3.05, 3.63) is 71.0 Å². The van der Waals surface area contributed by atoms with E-state index in [9.17, 15) is 44.4 Å². The molecule has 85 heavy (non-hydrogen) atoms. The van der Waals surface area contributed by atoms with E-state index in [1.807, 2.05) is 59.8 Å². The number of carbonyl (C=O) groups excluding carboxylic acids is 2. The fraction of sp³-hybridized carbons (Fsp3) is 0.750. The number of amides is 2. The average molecular weight is 1230 g/mol. The van der Waals surface area contributed by atoms with Crippen LogP contribution in [-0.4, -0.2) is 212 Å². The number of phosphoric acid groups is 1. The Labute approximate surface area is 502 Å². The van der Waals surface area contributed by atoms with Gasteiger partial charge in [-0.2, -0.15) is 0 Å². The molecule has 0 saturated carbocycles. The zero-order valence-corrected chi connectivity index (χ0v) is 53.9. The van der Waals surface area contributed by atoms with Gasteiger partial charge in [0.2, 0.25) is 5.91 Å². The second-order valence-corrected chi connectivity index (χ2v) is 25.3. The number of nitrogens with zero attached hydrogens (tertiary/aromatic N) is 2. The second-order valence-electron chi connectivity index (χ2n) is 24.1. The van der Waals surface area contributed by atoms with Crippen LogP contribution in [0.15, 0.2) is 63.9 Å². The molecule has 3 aliphatic rings. The fourth-order valence-electron chi connectivity index (χ4n) is 11.7. The van der Waals surface area contributed by atoms with Gasteiger partial charge in [-0.15, -0.1) is 0 Å². The Kier molecular flexibility index (Phi) is 28.5. The summed E-state index contributed by atoms with van der Waals surface area (Å²) in [7, 11) is 5.66. The molecular weight excluding hydrogens is 1130 g/mol. The highest BCUT2D eigenvalue weighted by Gasteiger charge is 2.68. The zero-order valence-electron chi connectivity index (χ0n) is 53.0. The van der Waals surface area contributed by atoms with Crippen molar-refractivity contribution in [2.45, 2.75) is 211 Å². The number of oxazole rings is 1. The van der Waals surface area contributed by atoms with Crippen LogP contribution >= 0.6 is 7.82 Å². The molecule has 3 aliphatic heterocycles. The Morgan fingerprint density at radius 3 is 2.15 bits per heavy atom. The van der Waals surface area contributed by atoms with Gasteiger partial charge in [-0.25, -0.2) is 9.55 Å². The minimum absolute atomic E-state index is 0.00700. The Balaban J connectivity index is 1.65. The van der Waals surface area contributed by atoms with E-state index in [0.717, 1.165) is 11.1 Å². The first-order valence-corrected chi connectivity index (χ1v) is 30.6. The SMILES string of the molecule is COC[C@@H]([C@H](O)[C@H](O)C(=O)N[C@H](C)C[C@H](C)c1nc(/C=C/C[C@@H]2O[C@]3(C[C@H](O[C@@H]4O[C@@H](C)[C@H](OC)[C@@H](OC)[C@H]4OC)[C@@H]2C)O[C@H]([C@H](C[C@H](O)[C@H](C)[C@H](O)[C@H](C)/C=C(C)/C(C)=C/C=C/C(C)=C\C(N)=O)OC)[C@H](OP(=O)(O)O)C3(C)C)co1)N(C)C. The second kappa shape index (κ2) is 32.8. The first-order chi connectivity index (χ1) is 39.7. The van der Waals surface area contributed by atoms with Crippen LogP contribution in [0.3, 0.4) is 0 Å². The topological polar surface area (TPSA) is 332 Å². The van der Waals surface area contributed by atoms with Gasteiger partial charge in [0.1, 0.15) is 48.6 Å². The molecule has 21 atom stereocenters. The minimum atomic E-state index is -5.26. The molecule has 0 unspecified atom stereocenters. The number of nitrogens with two attached hydrogens (primary N) is 1. The van der Waals surface area contributed by atoms with Gasteiger partial charge < -0.3 is 93.2 Å². The highest BCUT2D eigenvalue weighted by atomic mass is 31.2. The van der Waals surface area contributed by atoms with Crippen molar-refractivity contribution < 1.29 is 95.9 Å². The van der Waals surface area contributed by atoms with Gasteiger partial charge in [0.25, 0.3) is 5.91 Å². The number of primary amides is 1. The van der Waals surface area contributed by atoms with Gasteiger partial charge in [-0.3, -0.25) is 14.1 Å². The predicted molar refractivity (Wildman–Crippen MR) is 316 cm³/mol. The van der Waals surface area contributed by atoms with Gasteiger partial charge >= 0.3 is 7.82 Å². The molecule has 2 amide bonds. The van der Waals surface area contributed by atoms with Crippen molar-refractivity contribution in [1.29, 1.82) is 0 Å². The van der Waals surface area contributed by atoms with E-state index < -0.39 is 146 Å². The third-order valence-electron chi connectivity index (χ3n) is 17.1. The van der Waals surface area contributed by atoms with Crippen molar-refractivity contribution in [3.8, 4) is 0 Å². The zero-order chi connectivity index (χ0) is 64.1. The van der Waals surface area contributed by atoms with Crippen LogP contribution in [0, 0.1) is 23.2 Å². The quantitative estimate of drug-likeness (QED) is 0.0271. The molecule has 4 rings (SSSR count). The molecule has 0 aromatic carbocycles. The molecule has 0 radical (unpaired) electrons. The lowest BCUT2D eigenvalue weighted by Gasteiger charge is -2.52. The number of likely N-dealkylation sites (N-methyl/N-ethyl adjacent to an activating group) is 1. The molecule has 4 heterocycles. The number of hydrogen-bond donors (Lipinski definition) is 8. The Hall–Kier alpha value is -3.60. The first-order valence-electron chi connectivity index (χ1n) is 29.0. The van der Waals surface area contributed by atoms with E-state index in [2.05, 4.69) is 5.32 Å². The number of hydrogen-bond acceptors (Lipinski definition) is 20. The summed E-state index contributed by atoms with van der Waals surface area (Å²) >= 11 is 0. The number of nitrogens with one attached hydrogen (secondary N) is 1. The maximum Gasteiger partial charge on any atom is 0.469 e. The summed E-state index contributed by atoms with van der Waals surface area (Å²) < 4.78 is 81.1. The molecule has 0 bridgehead atoms. The molecule has 1 aromatic rings. The number of aliphatic hydroxyl groups excluding tert-OH is 4. The van der Waals surface area contributed by atoms with Crippen LogP contribution in [0.5, 0.6) is 0 Å². The number of methoxy groups -OCH3 is 5. The largest absolute Gasteiger partial charge is 0.469 e. The van der Waals surface area contributed by atoms with E-state index in [4.69, 9.17) is 62.3 Å². The molecule has 24 nitrogen and oxygen atoms in total. The normalized spacial score (nSPS) is 30.8. The van der Waals surface area contributed by atoms with Crippen LogP contribution in [0.25, 0.3) is 6.08 Å². The number of phosphoric ester groups is 1. The molecule has 9 N–H and O–H groups in total. The van der Waals surface area contributed by atoms with Crippen molar-refractivity contribution in [2.24, 2.45) is 28.9 Å². The van der Waals surface area contributed by atoms with Gasteiger partial charge in [-0.1, -0.05) is 77.5 Å². The molecule has 25 heteroatoms. The lowest BCUT2D eigenvalue weighted by atomic mass is 9.72. The molecule has 3 saturated heterocycles. The summed E-state index contributed by atoms with van der Waals surface area (Å²) in [6, 6.07) is -1.06. The lowest BCUT2D eigenvalue weighted by molar-refractivity contribution is -0.366. The predicted octanol–water partition coefficient (Wildman–Crippen LogP) is 4.85. The van der Waals surface area contributed by atoms with Gasteiger partial charge in [-0.05, 0) is 78.8 Å². The van der Waals surface area contributed by atoms with E-state index in [0.29, 0.717) is 23.6 Å². The third-order valence-corrected chi connectivity index (χ3v) is 17.6. The van der Waals surface area contributed by atoms with Crippen LogP contribution in [0.4, 0.5) is 0 Å². The summed E-state index contributed by atoms with van der Waals surface area (Å²) in [4.78, 5) is 51.7. The van der Waals surface area contributed by atoms with E-state index in [-0.39, 0.29) is 31.8 Å². The molecular formula is C60H101N4O20P. The van der Waals surface area contributed by atoms with E-state index >= 15 is 0 Å². The van der Waals surface area contributed by atoms with Gasteiger partial charge in [0.15, 0.2) is 24.1 Å². The summed E-state index contributed by atoms with van der Waals surface area (Å²) in [5.41, 5.74) is 6.83. The summed E-state index contributed by atoms with van der Waals surface area (Å²) in [6.07, 6.45) is 0.312. The number of aromatic nitrogens is 1. The van der Waals surface area contributed by atoms with E-state index in [1.165, 1.54) is 33.7 Å². The Morgan fingerprint density at radius 1 is 0.929 bits per heavy atom. The Bertz CT molecular complexity index is 2480. The van der Waals surface area contributed by atoms with Gasteiger partial charge in [0.05, 0.1) is 49.3 Å². The standard InChI is InChI=1S/C60H101N4O20P/c1-32(25-47(61)66)21-19-22-33(2)34(3)26-35(4)48(67)38(7)43(65)28-45(75-15)52-55(84-85(71,72)73)59(10,11)60(83-52)29-46(81-58-54(78-18)53(77-17)51(76-16)40(9)80-58)39(8)44(82-60)24-20-23-41-30-79-57(63-41)36(5)27-37(6)62-56(70)50(69)49(68)42(31-74-14)64(12)13/h19-23,25-26,30,35-40,42-46,48-55,58,65,67-69H,24,27-29,31H2,1-18H3,(H2,61,66)(H,62,70)(H2,71,72,73)/b21-19+,23-20+,32-25-,33-22+,34-26+/t35-,36+,37-,38+,39-,40+,42+,43+,44+,45+,46+,48-,49+,50+,51+,52-,53-,54-,55+,58+,60-/m1/s1. The summed E-state index contributed by atoms with van der Waals surface area (Å²) in [5.74, 6) is -4.45. The van der Waals surface area contributed by atoms with Crippen molar-refractivity contribution in [3.63, 3.8) is 0 Å². The number of rotatable bonds is 32. The highest BCUT2D eigenvalue weighted by molar-refractivity contribution is 7.46. The number of carbonyl (C=O) groups is 2. The number of allylic oxidation sites excluding steroid dienone is 6. The van der Waals surface area contributed by atoms with Crippen molar-refractivity contribution in [1.82, 2.24) is 15.2 Å². The molecule has 3 fully saturated rings. The van der Waals surface area contributed by atoms with Crippen LogP contribution in [0.2, 0.25) is 0 Å². The molecule has 0 aliphatic carbocycles. The van der Waals surface area contributed by atoms with Crippen LogP contribution < -0.4 is 11.1 Å². The smallest absolute Gasteiger partial charge is 0.448 e. The molecule has 486 valence electrons. The monoisotopic (exact) mass is 1230 g/mol. The van der Waals surface area contributed by atoms with Crippen LogP contribution in [-0.2, 0) is 61.3 Å². The van der Waals surface area contributed by atoms with Crippen molar-refractivity contribution >= 4 is 25.7 Å². The summed E-state index contributed by atoms with van der Waals surface area (Å²) in [6.45, 7) is 20.1. The third kappa shape index (κ3) is 19.4. The maximum atomic E-state index is 13.0. The molecule has 1 spiro atoms. The van der Waals surface area contributed by atoms with Crippen molar-refractivity contribution in [2.75, 3.05) is 56.3 Å². The Morgan fingerprint density at radius 2 is 1.58 bits per heavy atom. The molecule has 1 aromatic heterocycles. The maximum absolute atomic E-state index is 13.0. The fourth-order valence-corrected chi connectivity index (χ4v) is 12.4. The average Bonchev–Trinajstić information content (AvgIpc) is 1.76.